The Morgan fingerprint density at radius 2 is 1.79 bits per heavy atom. The predicted molar refractivity (Wildman–Crippen MR) is 59.5 cm³/mol. The van der Waals surface area contributed by atoms with E-state index < -0.39 is 10.0 Å². The maximum Gasteiger partial charge on any atom is 0.213 e. The van der Waals surface area contributed by atoms with Crippen LogP contribution in [0.1, 0.15) is 33.6 Å². The van der Waals surface area contributed by atoms with Crippen LogP contribution in [0.4, 0.5) is 0 Å². The van der Waals surface area contributed by atoms with E-state index in [1.807, 2.05) is 6.92 Å². The molecule has 0 bridgehead atoms. The summed E-state index contributed by atoms with van der Waals surface area (Å²) in [6, 6.07) is 0.00829. The highest BCUT2D eigenvalue weighted by Gasteiger charge is 2.13. The molecular weight excluding hydrogens is 200 g/mol. The molecule has 0 aromatic heterocycles. The molecule has 0 aliphatic rings. The van der Waals surface area contributed by atoms with Crippen molar-refractivity contribution in [1.82, 2.24) is 4.72 Å². The third kappa shape index (κ3) is 7.29. The van der Waals surface area contributed by atoms with Gasteiger partial charge in [0.25, 0.3) is 0 Å². The third-order valence-corrected chi connectivity index (χ3v) is 3.48. The van der Waals surface area contributed by atoms with Gasteiger partial charge < -0.3 is 5.73 Å². The molecule has 0 aliphatic heterocycles. The summed E-state index contributed by atoms with van der Waals surface area (Å²) in [5, 5.41) is 0. The fourth-order valence-corrected chi connectivity index (χ4v) is 2.32. The molecule has 5 heteroatoms. The molecule has 3 N–H and O–H groups in total. The molecular formula is C9H22N2O2S. The van der Waals surface area contributed by atoms with Gasteiger partial charge in [-0.25, -0.2) is 13.1 Å². The summed E-state index contributed by atoms with van der Waals surface area (Å²) in [5.41, 5.74) is 5.19. The van der Waals surface area contributed by atoms with Gasteiger partial charge in [0, 0.05) is 12.6 Å². The molecule has 4 nitrogen and oxygen atoms in total. The molecule has 0 aromatic rings. The van der Waals surface area contributed by atoms with E-state index in [2.05, 4.69) is 18.6 Å². The Hall–Kier alpha value is -0.130. The number of nitrogens with two attached hydrogens (primary N) is 1. The fraction of sp³-hybridized carbons (Fsp3) is 1.00. The maximum absolute atomic E-state index is 11.3. The second-order valence-corrected chi connectivity index (χ2v) is 5.97. The number of rotatable bonds is 7. The zero-order chi connectivity index (χ0) is 11.2. The van der Waals surface area contributed by atoms with Crippen molar-refractivity contribution in [3.63, 3.8) is 0 Å². The van der Waals surface area contributed by atoms with Crippen LogP contribution in [0.5, 0.6) is 0 Å². The van der Waals surface area contributed by atoms with Crippen molar-refractivity contribution in [3.05, 3.63) is 0 Å². The lowest BCUT2D eigenvalue weighted by molar-refractivity contribution is 0.485. The van der Waals surface area contributed by atoms with Crippen molar-refractivity contribution in [3.8, 4) is 0 Å². The first-order valence-corrected chi connectivity index (χ1v) is 6.72. The van der Waals surface area contributed by atoms with Gasteiger partial charge in [-0.1, -0.05) is 13.8 Å². The van der Waals surface area contributed by atoms with Crippen LogP contribution in [0.25, 0.3) is 0 Å². The van der Waals surface area contributed by atoms with Gasteiger partial charge in [0.1, 0.15) is 0 Å². The summed E-state index contributed by atoms with van der Waals surface area (Å²) < 4.78 is 25.2. The summed E-state index contributed by atoms with van der Waals surface area (Å²) >= 11 is 0. The minimum Gasteiger partial charge on any atom is -0.329 e. The molecule has 86 valence electrons. The van der Waals surface area contributed by atoms with E-state index in [0.717, 1.165) is 12.8 Å². The molecule has 0 fully saturated rings. The summed E-state index contributed by atoms with van der Waals surface area (Å²) in [7, 11) is -3.15. The average molecular weight is 222 g/mol. The topological polar surface area (TPSA) is 72.2 Å². The maximum atomic E-state index is 11.3. The minimum absolute atomic E-state index is 0.00829. The quantitative estimate of drug-likeness (QED) is 0.665. The lowest BCUT2D eigenvalue weighted by atomic mass is 10.1. The normalized spacial score (nSPS) is 14.6. The first kappa shape index (κ1) is 13.9. The number of hydrogen-bond donors (Lipinski definition) is 2. The standard InChI is InChI=1S/C9H22N2O2S/c1-8(2)4-5-9(3)11-14(12,13)7-6-10/h8-9,11H,4-7,10H2,1-3H3. The molecule has 0 heterocycles. The third-order valence-electron chi connectivity index (χ3n) is 1.94. The average Bonchev–Trinajstić information content (AvgIpc) is 1.99. The molecule has 0 radical (unpaired) electrons. The van der Waals surface area contributed by atoms with Crippen LogP contribution in [0.15, 0.2) is 0 Å². The Balaban J connectivity index is 3.87. The lowest BCUT2D eigenvalue weighted by Gasteiger charge is -2.14. The first-order chi connectivity index (χ1) is 6.37. The molecule has 14 heavy (non-hydrogen) atoms. The van der Waals surface area contributed by atoms with E-state index in [-0.39, 0.29) is 18.3 Å². The van der Waals surface area contributed by atoms with Crippen LogP contribution in [0.3, 0.4) is 0 Å². The summed E-state index contributed by atoms with van der Waals surface area (Å²) in [4.78, 5) is 0. The monoisotopic (exact) mass is 222 g/mol. The second kappa shape index (κ2) is 6.37. The van der Waals surface area contributed by atoms with E-state index in [9.17, 15) is 8.42 Å². The van der Waals surface area contributed by atoms with E-state index in [4.69, 9.17) is 5.73 Å². The molecule has 0 aliphatic carbocycles. The van der Waals surface area contributed by atoms with Crippen molar-refractivity contribution in [2.75, 3.05) is 12.3 Å². The molecule has 0 spiro atoms. The van der Waals surface area contributed by atoms with Crippen molar-refractivity contribution in [1.29, 1.82) is 0 Å². The largest absolute Gasteiger partial charge is 0.329 e. The SMILES string of the molecule is CC(C)CCC(C)NS(=O)(=O)CCN. The molecule has 0 saturated heterocycles. The fourth-order valence-electron chi connectivity index (χ4n) is 1.16. The summed E-state index contributed by atoms with van der Waals surface area (Å²) in [6.45, 7) is 6.31. The van der Waals surface area contributed by atoms with E-state index in [1.165, 1.54) is 0 Å². The smallest absolute Gasteiger partial charge is 0.213 e. The van der Waals surface area contributed by atoms with Crippen molar-refractivity contribution in [2.45, 2.75) is 39.7 Å². The van der Waals surface area contributed by atoms with Gasteiger partial charge in [-0.15, -0.1) is 0 Å². The molecule has 0 aromatic carbocycles. The Bertz CT molecular complexity index is 237. The minimum atomic E-state index is -3.15. The van der Waals surface area contributed by atoms with Gasteiger partial charge in [0.05, 0.1) is 5.75 Å². The zero-order valence-electron chi connectivity index (χ0n) is 9.29. The second-order valence-electron chi connectivity index (χ2n) is 4.10. The van der Waals surface area contributed by atoms with Crippen molar-refractivity contribution < 1.29 is 8.42 Å². The highest BCUT2D eigenvalue weighted by molar-refractivity contribution is 7.89. The van der Waals surface area contributed by atoms with Crippen molar-refractivity contribution >= 4 is 10.0 Å². The molecule has 0 rings (SSSR count). The number of sulfonamides is 1. The highest BCUT2D eigenvalue weighted by atomic mass is 32.2. The number of hydrogen-bond acceptors (Lipinski definition) is 3. The van der Waals surface area contributed by atoms with Gasteiger partial charge in [0.15, 0.2) is 0 Å². The lowest BCUT2D eigenvalue weighted by Crippen LogP contribution is -2.36. The predicted octanol–water partition coefficient (Wildman–Crippen LogP) is 0.689. The molecule has 0 saturated carbocycles. The Morgan fingerprint density at radius 1 is 1.21 bits per heavy atom. The van der Waals surface area contributed by atoms with Crippen LogP contribution in [-0.4, -0.2) is 26.8 Å². The van der Waals surface area contributed by atoms with Gasteiger partial charge in [0.2, 0.25) is 10.0 Å². The van der Waals surface area contributed by atoms with Crippen LogP contribution in [0.2, 0.25) is 0 Å². The summed E-state index contributed by atoms with van der Waals surface area (Å²) in [6.07, 6.45) is 1.91. The van der Waals surface area contributed by atoms with E-state index in [1.54, 1.807) is 0 Å². The van der Waals surface area contributed by atoms with Crippen molar-refractivity contribution in [2.24, 2.45) is 11.7 Å². The molecule has 0 amide bonds. The van der Waals surface area contributed by atoms with E-state index >= 15 is 0 Å². The van der Waals surface area contributed by atoms with E-state index in [0.29, 0.717) is 5.92 Å². The molecule has 1 atom stereocenters. The van der Waals surface area contributed by atoms with Gasteiger partial charge in [-0.2, -0.15) is 0 Å². The van der Waals surface area contributed by atoms with Crippen LogP contribution in [-0.2, 0) is 10.0 Å². The Kier molecular flexibility index (Phi) is 6.31. The Morgan fingerprint density at radius 3 is 2.21 bits per heavy atom. The van der Waals surface area contributed by atoms with Crippen LogP contribution < -0.4 is 10.5 Å². The molecule has 1 unspecified atom stereocenters. The highest BCUT2D eigenvalue weighted by Crippen LogP contribution is 2.06. The summed E-state index contributed by atoms with van der Waals surface area (Å²) in [5.74, 6) is 0.621. The van der Waals surface area contributed by atoms with Crippen LogP contribution >= 0.6 is 0 Å². The van der Waals surface area contributed by atoms with Gasteiger partial charge >= 0.3 is 0 Å². The Labute approximate surface area is 87.3 Å². The zero-order valence-corrected chi connectivity index (χ0v) is 10.1. The first-order valence-electron chi connectivity index (χ1n) is 5.07. The van der Waals surface area contributed by atoms with Gasteiger partial charge in [-0.05, 0) is 25.7 Å². The van der Waals surface area contributed by atoms with Gasteiger partial charge in [-0.3, -0.25) is 0 Å². The van der Waals surface area contributed by atoms with Crippen LogP contribution in [0, 0.1) is 5.92 Å². The number of nitrogens with one attached hydrogen (secondary N) is 1.